The minimum atomic E-state index is -0.589. The topological polar surface area (TPSA) is 64.6 Å². The fraction of sp³-hybridized carbons (Fsp3) is 0.455. The van der Waals surface area contributed by atoms with Gasteiger partial charge < -0.3 is 14.8 Å². The van der Waals surface area contributed by atoms with Crippen molar-refractivity contribution in [3.8, 4) is 5.75 Å². The van der Waals surface area contributed by atoms with Crippen LogP contribution in [0.15, 0.2) is 42.5 Å². The highest BCUT2D eigenvalue weighted by Gasteiger charge is 2.15. The maximum absolute atomic E-state index is 11.8. The van der Waals surface area contributed by atoms with E-state index in [4.69, 9.17) is 9.47 Å². The van der Waals surface area contributed by atoms with Crippen molar-refractivity contribution >= 4 is 17.6 Å². The number of benzene rings is 1. The Hall–Kier alpha value is -2.56. The standard InChI is InChI=1S/C22H31NO4/c1-7-19(15(3)4)21(16(5)6)17-9-11-18(12-10-17)27-22(25)23-13-14-26-20(24)8-2/h8-12,15-16H,2,7,13-14H2,1,3-6H3,(H,23,25)/b21-19-. The Morgan fingerprint density at radius 2 is 1.74 bits per heavy atom. The van der Waals surface area contributed by atoms with Gasteiger partial charge in [0.2, 0.25) is 0 Å². The van der Waals surface area contributed by atoms with Crippen LogP contribution in [0.3, 0.4) is 0 Å². The molecule has 0 aliphatic heterocycles. The zero-order valence-electron chi connectivity index (χ0n) is 17.0. The van der Waals surface area contributed by atoms with Crippen molar-refractivity contribution in [3.05, 3.63) is 48.1 Å². The first kappa shape index (κ1) is 22.5. The van der Waals surface area contributed by atoms with Crippen molar-refractivity contribution in [1.29, 1.82) is 0 Å². The van der Waals surface area contributed by atoms with Crippen LogP contribution in [0.4, 0.5) is 4.79 Å². The van der Waals surface area contributed by atoms with Gasteiger partial charge >= 0.3 is 12.1 Å². The highest BCUT2D eigenvalue weighted by Crippen LogP contribution is 2.33. The highest BCUT2D eigenvalue weighted by atomic mass is 16.6. The molecule has 0 aliphatic carbocycles. The maximum atomic E-state index is 11.8. The van der Waals surface area contributed by atoms with Gasteiger partial charge in [0.15, 0.2) is 0 Å². The molecule has 27 heavy (non-hydrogen) atoms. The quantitative estimate of drug-likeness (QED) is 0.377. The minimum Gasteiger partial charge on any atom is -0.461 e. The van der Waals surface area contributed by atoms with Gasteiger partial charge in [-0.05, 0) is 41.5 Å². The fourth-order valence-electron chi connectivity index (χ4n) is 3.01. The molecule has 0 saturated heterocycles. The molecule has 0 aliphatic rings. The third-order valence-corrected chi connectivity index (χ3v) is 4.16. The predicted octanol–water partition coefficient (Wildman–Crippen LogP) is 4.98. The Kier molecular flexibility index (Phi) is 9.34. The van der Waals surface area contributed by atoms with Gasteiger partial charge in [-0.2, -0.15) is 0 Å². The summed E-state index contributed by atoms with van der Waals surface area (Å²) in [6.07, 6.45) is 1.50. The Labute approximate surface area is 162 Å². The molecular weight excluding hydrogens is 342 g/mol. The Balaban J connectivity index is 2.73. The molecule has 0 heterocycles. The number of hydrogen-bond donors (Lipinski definition) is 1. The first-order valence-electron chi connectivity index (χ1n) is 9.38. The molecule has 1 rings (SSSR count). The van der Waals surface area contributed by atoms with E-state index in [9.17, 15) is 9.59 Å². The molecule has 5 nitrogen and oxygen atoms in total. The normalized spacial score (nSPS) is 11.8. The third-order valence-electron chi connectivity index (χ3n) is 4.16. The molecule has 1 amide bonds. The average Bonchev–Trinajstić information content (AvgIpc) is 2.63. The minimum absolute atomic E-state index is 0.0659. The molecule has 0 bridgehead atoms. The zero-order valence-corrected chi connectivity index (χ0v) is 17.0. The largest absolute Gasteiger partial charge is 0.461 e. The molecule has 0 unspecified atom stereocenters. The summed E-state index contributed by atoms with van der Waals surface area (Å²) in [5.74, 6) is 0.840. The smallest absolute Gasteiger partial charge is 0.412 e. The average molecular weight is 373 g/mol. The van der Waals surface area contributed by atoms with E-state index in [0.717, 1.165) is 18.1 Å². The van der Waals surface area contributed by atoms with Crippen LogP contribution in [0, 0.1) is 11.8 Å². The van der Waals surface area contributed by atoms with Crippen molar-refractivity contribution in [3.63, 3.8) is 0 Å². The van der Waals surface area contributed by atoms with Crippen LogP contribution in [0.25, 0.3) is 5.57 Å². The summed E-state index contributed by atoms with van der Waals surface area (Å²) in [5.41, 5.74) is 3.96. The van der Waals surface area contributed by atoms with Gasteiger partial charge in [0.05, 0.1) is 6.54 Å². The van der Waals surface area contributed by atoms with Crippen LogP contribution in [0.5, 0.6) is 5.75 Å². The number of allylic oxidation sites excluding steroid dienone is 2. The highest BCUT2D eigenvalue weighted by molar-refractivity contribution is 5.81. The van der Waals surface area contributed by atoms with Crippen molar-refractivity contribution in [2.75, 3.05) is 13.2 Å². The van der Waals surface area contributed by atoms with Gasteiger partial charge in [-0.15, -0.1) is 0 Å². The lowest BCUT2D eigenvalue weighted by Crippen LogP contribution is -2.30. The Morgan fingerprint density at radius 1 is 1.11 bits per heavy atom. The molecule has 0 radical (unpaired) electrons. The fourth-order valence-corrected chi connectivity index (χ4v) is 3.01. The van der Waals surface area contributed by atoms with Gasteiger partial charge in [0, 0.05) is 6.08 Å². The number of nitrogens with one attached hydrogen (secondary N) is 1. The molecule has 0 atom stereocenters. The second-order valence-electron chi connectivity index (χ2n) is 6.81. The molecule has 1 N–H and O–H groups in total. The van der Waals surface area contributed by atoms with E-state index in [-0.39, 0.29) is 13.2 Å². The van der Waals surface area contributed by atoms with Crippen molar-refractivity contribution in [1.82, 2.24) is 5.32 Å². The van der Waals surface area contributed by atoms with Gasteiger partial charge in [-0.1, -0.05) is 58.9 Å². The first-order valence-corrected chi connectivity index (χ1v) is 9.38. The lowest BCUT2D eigenvalue weighted by atomic mass is 9.85. The molecule has 0 saturated carbocycles. The lowest BCUT2D eigenvalue weighted by molar-refractivity contribution is -0.137. The monoisotopic (exact) mass is 373 g/mol. The summed E-state index contributed by atoms with van der Waals surface area (Å²) in [6, 6.07) is 7.56. The predicted molar refractivity (Wildman–Crippen MR) is 109 cm³/mol. The number of carbonyl (C=O) groups excluding carboxylic acids is 2. The molecule has 1 aromatic rings. The number of esters is 1. The number of amides is 1. The summed E-state index contributed by atoms with van der Waals surface area (Å²) < 4.78 is 10.0. The molecule has 5 heteroatoms. The van der Waals surface area contributed by atoms with E-state index >= 15 is 0 Å². The number of hydrogen-bond acceptors (Lipinski definition) is 4. The van der Waals surface area contributed by atoms with Crippen LogP contribution in [0.2, 0.25) is 0 Å². The summed E-state index contributed by atoms with van der Waals surface area (Å²) >= 11 is 0. The maximum Gasteiger partial charge on any atom is 0.412 e. The summed E-state index contributed by atoms with van der Waals surface area (Å²) in [5, 5.41) is 2.53. The second kappa shape index (κ2) is 11.2. The molecule has 0 spiro atoms. The summed E-state index contributed by atoms with van der Waals surface area (Å²) in [6.45, 7) is 14.6. The lowest BCUT2D eigenvalue weighted by Gasteiger charge is -2.21. The number of carbonyl (C=O) groups is 2. The molecular formula is C22H31NO4. The van der Waals surface area contributed by atoms with Gasteiger partial charge in [-0.3, -0.25) is 0 Å². The van der Waals surface area contributed by atoms with Gasteiger partial charge in [0.1, 0.15) is 12.4 Å². The Morgan fingerprint density at radius 3 is 2.22 bits per heavy atom. The van der Waals surface area contributed by atoms with E-state index in [1.54, 1.807) is 12.1 Å². The van der Waals surface area contributed by atoms with Crippen molar-refractivity contribution in [2.45, 2.75) is 41.0 Å². The number of ether oxygens (including phenoxy) is 2. The molecule has 0 aromatic heterocycles. The molecule has 148 valence electrons. The molecule has 0 fully saturated rings. The number of rotatable bonds is 9. The van der Waals surface area contributed by atoms with Gasteiger partial charge in [0.25, 0.3) is 0 Å². The van der Waals surface area contributed by atoms with Crippen LogP contribution in [-0.2, 0) is 9.53 Å². The molecule has 1 aromatic carbocycles. The van der Waals surface area contributed by atoms with E-state index < -0.39 is 12.1 Å². The van der Waals surface area contributed by atoms with Crippen LogP contribution in [0.1, 0.15) is 46.6 Å². The van der Waals surface area contributed by atoms with Crippen molar-refractivity contribution < 1.29 is 19.1 Å². The first-order chi connectivity index (χ1) is 12.8. The summed E-state index contributed by atoms with van der Waals surface area (Å²) in [4.78, 5) is 22.7. The van der Waals surface area contributed by atoms with E-state index in [2.05, 4.69) is 46.5 Å². The third kappa shape index (κ3) is 7.29. The van der Waals surface area contributed by atoms with Crippen LogP contribution < -0.4 is 10.1 Å². The van der Waals surface area contributed by atoms with Crippen molar-refractivity contribution in [2.24, 2.45) is 11.8 Å². The van der Waals surface area contributed by atoms with E-state index in [1.165, 1.54) is 11.1 Å². The SMILES string of the molecule is C=CC(=O)OCCNC(=O)Oc1ccc(/C(=C(/CC)C(C)C)C(C)C)cc1. The van der Waals surface area contributed by atoms with Crippen LogP contribution >= 0.6 is 0 Å². The van der Waals surface area contributed by atoms with Crippen LogP contribution in [-0.4, -0.2) is 25.2 Å². The van der Waals surface area contributed by atoms with Gasteiger partial charge in [-0.25, -0.2) is 9.59 Å². The zero-order chi connectivity index (χ0) is 20.4. The summed E-state index contributed by atoms with van der Waals surface area (Å²) in [7, 11) is 0. The Bertz CT molecular complexity index is 672. The van der Waals surface area contributed by atoms with E-state index in [1.807, 2.05) is 12.1 Å². The second-order valence-corrected chi connectivity index (χ2v) is 6.81. The van der Waals surface area contributed by atoms with E-state index in [0.29, 0.717) is 17.6 Å².